The Hall–Kier alpha value is -1.60. The molecule has 2 rings (SSSR count). The fourth-order valence-corrected chi connectivity index (χ4v) is 2.09. The molecule has 18 heavy (non-hydrogen) atoms. The van der Waals surface area contributed by atoms with Crippen LogP contribution >= 0.6 is 10.7 Å². The van der Waals surface area contributed by atoms with Crippen LogP contribution in [-0.4, -0.2) is 23.4 Å². The van der Waals surface area contributed by atoms with Gasteiger partial charge >= 0.3 is 0 Å². The fraction of sp³-hybridized carbons (Fsp3) is 0.200. The Morgan fingerprint density at radius 2 is 2.00 bits per heavy atom. The Bertz CT molecular complexity index is 637. The minimum absolute atomic E-state index is 0.0380. The van der Waals surface area contributed by atoms with Crippen LogP contribution in [0.25, 0.3) is 0 Å². The van der Waals surface area contributed by atoms with E-state index in [9.17, 15) is 8.42 Å². The summed E-state index contributed by atoms with van der Waals surface area (Å²) in [6.07, 6.45) is 1.73. The predicted octanol–water partition coefficient (Wildman–Crippen LogP) is 1.32. The quantitative estimate of drug-likeness (QED) is 0.793. The van der Waals surface area contributed by atoms with E-state index in [1.54, 1.807) is 17.9 Å². The largest absolute Gasteiger partial charge is 0.487 e. The Kier molecular flexibility index (Phi) is 3.53. The summed E-state index contributed by atoms with van der Waals surface area (Å²) in [4.78, 5) is 0.0380. The summed E-state index contributed by atoms with van der Waals surface area (Å²) in [5, 5.41) is 7.62. The van der Waals surface area contributed by atoms with Crippen molar-refractivity contribution in [1.29, 1.82) is 0 Å². The van der Waals surface area contributed by atoms with E-state index in [1.165, 1.54) is 24.3 Å². The summed E-state index contributed by atoms with van der Waals surface area (Å²) in [6, 6.07) is 5.83. The van der Waals surface area contributed by atoms with E-state index < -0.39 is 9.05 Å². The van der Waals surface area contributed by atoms with Crippen LogP contribution in [0.15, 0.2) is 35.4 Å². The van der Waals surface area contributed by atoms with Gasteiger partial charge in [-0.15, -0.1) is 5.10 Å². The molecule has 0 fully saturated rings. The normalized spacial score (nSPS) is 11.4. The first-order chi connectivity index (χ1) is 8.45. The van der Waals surface area contributed by atoms with Gasteiger partial charge in [-0.2, -0.15) is 0 Å². The molecule has 96 valence electrons. The SMILES string of the molecule is Cn1cc(COc2ccc(S(=O)(=O)Cl)cc2)nn1. The van der Waals surface area contributed by atoms with Crippen molar-refractivity contribution >= 4 is 19.7 Å². The molecule has 0 amide bonds. The summed E-state index contributed by atoms with van der Waals surface area (Å²) in [5.74, 6) is 0.532. The molecule has 1 aromatic carbocycles. The van der Waals surface area contributed by atoms with Gasteiger partial charge in [-0.05, 0) is 24.3 Å². The van der Waals surface area contributed by atoms with Gasteiger partial charge in [-0.1, -0.05) is 5.21 Å². The lowest BCUT2D eigenvalue weighted by atomic mass is 10.3. The van der Waals surface area contributed by atoms with Crippen molar-refractivity contribution in [3.63, 3.8) is 0 Å². The molecular weight excluding hydrogens is 278 g/mol. The average molecular weight is 288 g/mol. The number of nitrogens with zero attached hydrogens (tertiary/aromatic N) is 3. The van der Waals surface area contributed by atoms with Crippen LogP contribution in [0.4, 0.5) is 0 Å². The van der Waals surface area contributed by atoms with Crippen LogP contribution in [0.3, 0.4) is 0 Å². The molecule has 6 nitrogen and oxygen atoms in total. The molecule has 0 unspecified atom stereocenters. The third-order valence-electron chi connectivity index (χ3n) is 2.14. The third-order valence-corrected chi connectivity index (χ3v) is 3.51. The first-order valence-electron chi connectivity index (χ1n) is 4.98. The summed E-state index contributed by atoms with van der Waals surface area (Å²) < 4.78 is 29.1. The highest BCUT2D eigenvalue weighted by Crippen LogP contribution is 2.19. The van der Waals surface area contributed by atoms with Crippen LogP contribution in [0, 0.1) is 0 Å². The molecule has 1 heterocycles. The van der Waals surface area contributed by atoms with Gasteiger partial charge < -0.3 is 4.74 Å². The van der Waals surface area contributed by atoms with Gasteiger partial charge in [0.1, 0.15) is 18.1 Å². The van der Waals surface area contributed by atoms with Gasteiger partial charge in [0.2, 0.25) is 0 Å². The summed E-state index contributed by atoms with van der Waals surface area (Å²) >= 11 is 0. The van der Waals surface area contributed by atoms with E-state index in [2.05, 4.69) is 10.3 Å². The maximum atomic E-state index is 11.0. The molecule has 0 spiro atoms. The molecule has 0 saturated heterocycles. The molecule has 1 aromatic heterocycles. The molecule has 0 radical (unpaired) electrons. The van der Waals surface area contributed by atoms with Gasteiger partial charge in [-0.25, -0.2) is 8.42 Å². The zero-order valence-electron chi connectivity index (χ0n) is 9.45. The molecule has 0 atom stereocenters. The van der Waals surface area contributed by atoms with E-state index in [4.69, 9.17) is 15.4 Å². The van der Waals surface area contributed by atoms with Crippen molar-refractivity contribution in [2.45, 2.75) is 11.5 Å². The van der Waals surface area contributed by atoms with Gasteiger partial charge in [0.05, 0.1) is 11.1 Å². The highest BCUT2D eigenvalue weighted by atomic mass is 35.7. The highest BCUT2D eigenvalue weighted by Gasteiger charge is 2.09. The second-order valence-electron chi connectivity index (χ2n) is 3.58. The topological polar surface area (TPSA) is 74.1 Å². The van der Waals surface area contributed by atoms with Gasteiger partial charge in [0.25, 0.3) is 9.05 Å². The number of halogens is 1. The number of ether oxygens (including phenoxy) is 1. The molecule has 0 saturated carbocycles. The number of aromatic nitrogens is 3. The minimum Gasteiger partial charge on any atom is -0.487 e. The standard InChI is InChI=1S/C10H10ClN3O3S/c1-14-6-8(12-13-14)7-17-9-2-4-10(5-3-9)18(11,15)16/h2-6H,7H2,1H3. The number of hydrogen-bond acceptors (Lipinski definition) is 5. The monoisotopic (exact) mass is 287 g/mol. The van der Waals surface area contributed by atoms with Crippen molar-refractivity contribution in [2.24, 2.45) is 7.05 Å². The van der Waals surface area contributed by atoms with Gasteiger partial charge in [-0.3, -0.25) is 4.68 Å². The van der Waals surface area contributed by atoms with Crippen LogP contribution < -0.4 is 4.74 Å². The first-order valence-corrected chi connectivity index (χ1v) is 7.29. The molecule has 0 bridgehead atoms. The number of aryl methyl sites for hydroxylation is 1. The van der Waals surface area contributed by atoms with E-state index in [0.717, 1.165) is 0 Å². The van der Waals surface area contributed by atoms with Crippen molar-refractivity contribution in [1.82, 2.24) is 15.0 Å². The summed E-state index contributed by atoms with van der Waals surface area (Å²) in [7, 11) is 3.27. The zero-order valence-corrected chi connectivity index (χ0v) is 11.0. The van der Waals surface area contributed by atoms with Crippen LogP contribution in [0.2, 0.25) is 0 Å². The maximum Gasteiger partial charge on any atom is 0.261 e. The average Bonchev–Trinajstić information content (AvgIpc) is 2.72. The van der Waals surface area contributed by atoms with Gasteiger partial charge in [0, 0.05) is 17.7 Å². The lowest BCUT2D eigenvalue weighted by Crippen LogP contribution is -1.96. The van der Waals surface area contributed by atoms with E-state index in [-0.39, 0.29) is 11.5 Å². The molecule has 0 aliphatic carbocycles. The lowest BCUT2D eigenvalue weighted by molar-refractivity contribution is 0.301. The number of rotatable bonds is 4. The highest BCUT2D eigenvalue weighted by molar-refractivity contribution is 8.13. The summed E-state index contributed by atoms with van der Waals surface area (Å²) in [6.45, 7) is 0.265. The fourth-order valence-electron chi connectivity index (χ4n) is 1.32. The third kappa shape index (κ3) is 3.21. The zero-order chi connectivity index (χ0) is 13.2. The molecule has 0 aliphatic rings. The minimum atomic E-state index is -3.69. The Morgan fingerprint density at radius 3 is 2.50 bits per heavy atom. The second-order valence-corrected chi connectivity index (χ2v) is 6.15. The number of hydrogen-bond donors (Lipinski definition) is 0. The maximum absolute atomic E-state index is 11.0. The molecule has 2 aromatic rings. The van der Waals surface area contributed by atoms with E-state index in [0.29, 0.717) is 11.4 Å². The van der Waals surface area contributed by atoms with Crippen molar-refractivity contribution in [2.75, 3.05) is 0 Å². The Morgan fingerprint density at radius 1 is 1.33 bits per heavy atom. The number of benzene rings is 1. The molecular formula is C10H10ClN3O3S. The molecule has 0 N–H and O–H groups in total. The second kappa shape index (κ2) is 4.95. The van der Waals surface area contributed by atoms with E-state index in [1.807, 2.05) is 0 Å². The van der Waals surface area contributed by atoms with Crippen LogP contribution in [0.5, 0.6) is 5.75 Å². The van der Waals surface area contributed by atoms with Crippen LogP contribution in [0.1, 0.15) is 5.69 Å². The molecule has 0 aliphatic heterocycles. The van der Waals surface area contributed by atoms with Gasteiger partial charge in [0.15, 0.2) is 0 Å². The predicted molar refractivity (Wildman–Crippen MR) is 64.8 cm³/mol. The molecule has 8 heteroatoms. The lowest BCUT2D eigenvalue weighted by Gasteiger charge is -2.04. The van der Waals surface area contributed by atoms with E-state index >= 15 is 0 Å². The van der Waals surface area contributed by atoms with Crippen LogP contribution in [-0.2, 0) is 22.7 Å². The Balaban J connectivity index is 2.03. The summed E-state index contributed by atoms with van der Waals surface area (Å²) in [5.41, 5.74) is 0.687. The smallest absolute Gasteiger partial charge is 0.261 e. The van der Waals surface area contributed by atoms with Crippen molar-refractivity contribution in [3.05, 3.63) is 36.2 Å². The Labute approximate surface area is 109 Å². The first kappa shape index (κ1) is 12.8. The van der Waals surface area contributed by atoms with Crippen molar-refractivity contribution in [3.8, 4) is 5.75 Å². The van der Waals surface area contributed by atoms with Crippen molar-refractivity contribution < 1.29 is 13.2 Å².